The number of alkyl halides is 3. The number of nitrogens with one attached hydrogen (secondary N) is 2. The van der Waals surface area contributed by atoms with Crippen molar-refractivity contribution in [2.75, 3.05) is 25.4 Å². The number of nitrogens with zero attached hydrogens (tertiary/aromatic N) is 1. The van der Waals surface area contributed by atoms with E-state index in [0.717, 1.165) is 38.8 Å². The first-order chi connectivity index (χ1) is 12.6. The van der Waals surface area contributed by atoms with Crippen LogP contribution in [0.3, 0.4) is 0 Å². The van der Waals surface area contributed by atoms with Crippen LogP contribution in [0.4, 0.5) is 4.79 Å². The van der Waals surface area contributed by atoms with Gasteiger partial charge in [0.15, 0.2) is 0 Å². The summed E-state index contributed by atoms with van der Waals surface area (Å²) >= 11 is 16.7. The van der Waals surface area contributed by atoms with E-state index < -0.39 is 19.9 Å². The number of carbonyl (C=O) groups excluding carboxylic acids is 1. The molecule has 7 nitrogen and oxygen atoms in total. The maximum atomic E-state index is 13.0. The summed E-state index contributed by atoms with van der Waals surface area (Å²) < 4.78 is 31.0. The second kappa shape index (κ2) is 8.79. The van der Waals surface area contributed by atoms with Crippen LogP contribution in [0.2, 0.25) is 0 Å². The molecule has 3 saturated heterocycles. The van der Waals surface area contributed by atoms with Gasteiger partial charge >= 0.3 is 6.09 Å². The molecule has 2 bridgehead atoms. The highest BCUT2D eigenvalue weighted by atomic mass is 35.6. The zero-order valence-electron chi connectivity index (χ0n) is 15.0. The fourth-order valence-corrected chi connectivity index (χ4v) is 7.05. The molecule has 1 amide bonds. The van der Waals surface area contributed by atoms with Crippen molar-refractivity contribution in [2.24, 2.45) is 5.92 Å². The predicted molar refractivity (Wildman–Crippen MR) is 106 cm³/mol. The summed E-state index contributed by atoms with van der Waals surface area (Å²) in [7, 11) is -3.29. The van der Waals surface area contributed by atoms with E-state index in [-0.39, 0.29) is 36.4 Å². The van der Waals surface area contributed by atoms with Crippen molar-refractivity contribution >= 4 is 50.9 Å². The summed E-state index contributed by atoms with van der Waals surface area (Å²) in [6.45, 7) is 1.44. The fraction of sp³-hybridized carbons (Fsp3) is 0.938. The van der Waals surface area contributed by atoms with Gasteiger partial charge in [-0.25, -0.2) is 13.2 Å². The molecule has 0 spiro atoms. The average Bonchev–Trinajstić information content (AvgIpc) is 2.86. The van der Waals surface area contributed by atoms with Crippen molar-refractivity contribution in [1.82, 2.24) is 14.9 Å². The molecule has 0 aromatic rings. The molecule has 3 aliphatic heterocycles. The van der Waals surface area contributed by atoms with E-state index in [4.69, 9.17) is 39.5 Å². The van der Waals surface area contributed by atoms with Gasteiger partial charge in [0.25, 0.3) is 0 Å². The van der Waals surface area contributed by atoms with E-state index in [1.165, 1.54) is 0 Å². The molecule has 3 rings (SSSR count). The number of rotatable bonds is 5. The largest absolute Gasteiger partial charge is 0.445 e. The van der Waals surface area contributed by atoms with Gasteiger partial charge in [-0.2, -0.15) is 4.31 Å². The lowest BCUT2D eigenvalue weighted by Gasteiger charge is -2.39. The van der Waals surface area contributed by atoms with Gasteiger partial charge in [-0.1, -0.05) is 34.8 Å². The lowest BCUT2D eigenvalue weighted by Crippen LogP contribution is -2.53. The van der Waals surface area contributed by atoms with Gasteiger partial charge in [0, 0.05) is 18.1 Å². The van der Waals surface area contributed by atoms with Gasteiger partial charge in [-0.3, -0.25) is 0 Å². The molecule has 2 N–H and O–H groups in total. The summed E-state index contributed by atoms with van der Waals surface area (Å²) in [6.07, 6.45) is 4.00. The molecule has 0 radical (unpaired) electrons. The Labute approximate surface area is 175 Å². The molecule has 0 unspecified atom stereocenters. The highest BCUT2D eigenvalue weighted by Gasteiger charge is 2.47. The third-order valence-electron chi connectivity index (χ3n) is 5.58. The summed E-state index contributed by atoms with van der Waals surface area (Å²) in [5, 5.41) is 6.05. The molecule has 0 saturated carbocycles. The monoisotopic (exact) mass is 461 g/mol. The van der Waals surface area contributed by atoms with E-state index in [9.17, 15) is 13.2 Å². The quantitative estimate of drug-likeness (QED) is 0.613. The van der Waals surface area contributed by atoms with Gasteiger partial charge in [0.1, 0.15) is 6.61 Å². The van der Waals surface area contributed by atoms with E-state index in [0.29, 0.717) is 12.8 Å². The Hall–Kier alpha value is 0.01000. The maximum Gasteiger partial charge on any atom is 0.407 e. The van der Waals surface area contributed by atoms with Crippen molar-refractivity contribution < 1.29 is 17.9 Å². The Morgan fingerprint density at radius 2 is 1.70 bits per heavy atom. The van der Waals surface area contributed by atoms with Crippen LogP contribution in [-0.4, -0.2) is 66.2 Å². The molecule has 3 aliphatic rings. The van der Waals surface area contributed by atoms with Crippen LogP contribution in [0.25, 0.3) is 0 Å². The highest BCUT2D eigenvalue weighted by molar-refractivity contribution is 7.89. The van der Waals surface area contributed by atoms with Crippen molar-refractivity contribution in [2.45, 2.75) is 60.4 Å². The summed E-state index contributed by atoms with van der Waals surface area (Å²) in [6, 6.07) is -0.251. The molecular formula is C16H26Cl3N3O4S. The second-order valence-corrected chi connectivity index (χ2v) is 12.1. The van der Waals surface area contributed by atoms with Crippen molar-refractivity contribution in [1.29, 1.82) is 0 Å². The highest BCUT2D eigenvalue weighted by Crippen LogP contribution is 2.39. The number of piperidine rings is 2. The number of ether oxygens (including phenoxy) is 1. The van der Waals surface area contributed by atoms with E-state index in [1.807, 2.05) is 0 Å². The van der Waals surface area contributed by atoms with E-state index >= 15 is 0 Å². The maximum absolute atomic E-state index is 13.0. The standard InChI is InChI=1S/C16H26Cl3N3O4S/c17-16(18,19)10-26-15(23)21-12-7-13-1-2-14(8-12)22(13)27(24,25)9-11-3-5-20-6-4-11/h11-14,20H,1-10H2,(H,21,23)/t12-,13+,14-. The van der Waals surface area contributed by atoms with Gasteiger partial charge in [0.2, 0.25) is 13.8 Å². The number of carbonyl (C=O) groups is 1. The minimum absolute atomic E-state index is 0.0612. The summed E-state index contributed by atoms with van der Waals surface area (Å²) in [5.74, 6) is 0.453. The first kappa shape index (κ1) is 21.7. The lowest BCUT2D eigenvalue weighted by atomic mass is 10.00. The van der Waals surface area contributed by atoms with E-state index in [1.54, 1.807) is 4.31 Å². The Morgan fingerprint density at radius 1 is 1.11 bits per heavy atom. The molecule has 156 valence electrons. The molecule has 3 atom stereocenters. The van der Waals surface area contributed by atoms with Crippen LogP contribution in [0, 0.1) is 5.92 Å². The van der Waals surface area contributed by atoms with Gasteiger partial charge in [0.05, 0.1) is 5.75 Å². The van der Waals surface area contributed by atoms with Crippen molar-refractivity contribution in [3.63, 3.8) is 0 Å². The Morgan fingerprint density at radius 3 is 2.26 bits per heavy atom. The molecule has 11 heteroatoms. The summed E-state index contributed by atoms with van der Waals surface area (Å²) in [4.78, 5) is 11.9. The molecule has 27 heavy (non-hydrogen) atoms. The zero-order valence-corrected chi connectivity index (χ0v) is 18.1. The summed E-state index contributed by atoms with van der Waals surface area (Å²) in [5.41, 5.74) is 0. The number of sulfonamides is 1. The topological polar surface area (TPSA) is 87.7 Å². The number of hydrogen-bond donors (Lipinski definition) is 2. The predicted octanol–water partition coefficient (Wildman–Crippen LogP) is 2.41. The van der Waals surface area contributed by atoms with Crippen LogP contribution in [-0.2, 0) is 14.8 Å². The lowest BCUT2D eigenvalue weighted by molar-refractivity contribution is 0.133. The molecule has 3 fully saturated rings. The second-order valence-electron chi connectivity index (χ2n) is 7.69. The zero-order chi connectivity index (χ0) is 19.7. The van der Waals surface area contributed by atoms with Crippen LogP contribution >= 0.6 is 34.8 Å². The Kier molecular flexibility index (Phi) is 7.07. The number of amides is 1. The van der Waals surface area contributed by atoms with Gasteiger partial charge < -0.3 is 15.4 Å². The Bertz CT molecular complexity index is 623. The average molecular weight is 463 g/mol. The number of fused-ring (bicyclic) bond motifs is 2. The van der Waals surface area contributed by atoms with Crippen LogP contribution in [0.5, 0.6) is 0 Å². The van der Waals surface area contributed by atoms with Crippen molar-refractivity contribution in [3.8, 4) is 0 Å². The molecular weight excluding hydrogens is 437 g/mol. The van der Waals surface area contributed by atoms with Crippen LogP contribution in [0.1, 0.15) is 38.5 Å². The first-order valence-corrected chi connectivity index (χ1v) is 12.1. The van der Waals surface area contributed by atoms with Crippen LogP contribution in [0.15, 0.2) is 0 Å². The number of halogens is 3. The molecule has 0 aliphatic carbocycles. The molecule has 0 aromatic heterocycles. The van der Waals surface area contributed by atoms with Gasteiger partial charge in [-0.15, -0.1) is 0 Å². The SMILES string of the molecule is O=C(N[C@H]1C[C@H]2CC[C@@H](C1)N2S(=O)(=O)CC1CCNCC1)OCC(Cl)(Cl)Cl. The first-order valence-electron chi connectivity index (χ1n) is 9.36. The molecule has 0 aromatic carbocycles. The number of alkyl carbamates (subject to hydrolysis) is 1. The number of hydrogen-bond acceptors (Lipinski definition) is 5. The van der Waals surface area contributed by atoms with Crippen LogP contribution < -0.4 is 10.6 Å². The van der Waals surface area contributed by atoms with Crippen molar-refractivity contribution in [3.05, 3.63) is 0 Å². The normalized spacial score (nSPS) is 30.3. The van der Waals surface area contributed by atoms with E-state index in [2.05, 4.69) is 10.6 Å². The molecule has 3 heterocycles. The Balaban J connectivity index is 1.54. The minimum atomic E-state index is -3.29. The third-order valence-corrected chi connectivity index (χ3v) is 8.04. The fourth-order valence-electron chi connectivity index (χ4n) is 4.49. The third kappa shape index (κ3) is 6.00. The minimum Gasteiger partial charge on any atom is -0.445 e. The smallest absolute Gasteiger partial charge is 0.407 e. The van der Waals surface area contributed by atoms with Gasteiger partial charge in [-0.05, 0) is 57.5 Å².